The van der Waals surface area contributed by atoms with Crippen molar-refractivity contribution in [3.05, 3.63) is 58.9 Å². The number of hydrogen-bond acceptors (Lipinski definition) is 5. The van der Waals surface area contributed by atoms with E-state index in [0.717, 1.165) is 53.3 Å². The van der Waals surface area contributed by atoms with E-state index in [2.05, 4.69) is 45.6 Å². The topological polar surface area (TPSA) is 72.9 Å². The Morgan fingerprint density at radius 2 is 2.07 bits per heavy atom. The van der Waals surface area contributed by atoms with Crippen molar-refractivity contribution < 1.29 is 4.79 Å². The molecule has 2 amide bonds. The van der Waals surface area contributed by atoms with Crippen molar-refractivity contribution in [1.82, 2.24) is 20.2 Å². The van der Waals surface area contributed by atoms with Crippen molar-refractivity contribution in [2.45, 2.75) is 45.8 Å². The van der Waals surface area contributed by atoms with Crippen molar-refractivity contribution in [3.63, 3.8) is 0 Å². The van der Waals surface area contributed by atoms with Crippen LogP contribution in [0.25, 0.3) is 0 Å². The highest BCUT2D eigenvalue weighted by atomic mass is 16.2. The summed E-state index contributed by atoms with van der Waals surface area (Å²) in [5, 5.41) is 7.61. The first kappa shape index (κ1) is 20.3. The number of carbonyl (C=O) groups excluding carboxylic acids is 1. The summed E-state index contributed by atoms with van der Waals surface area (Å²) in [7, 11) is 1.80. The van der Waals surface area contributed by atoms with Gasteiger partial charge in [0.25, 0.3) is 0 Å². The Balaban J connectivity index is 1.62. The fourth-order valence-corrected chi connectivity index (χ4v) is 4.32. The van der Waals surface area contributed by atoms with Gasteiger partial charge in [-0.15, -0.1) is 0 Å². The molecular formula is C23H30N6O. The maximum absolute atomic E-state index is 12.8. The number of carbonyl (C=O) groups is 1. The normalized spacial score (nSPS) is 19.8. The number of aryl methyl sites for hydroxylation is 1. The van der Waals surface area contributed by atoms with Gasteiger partial charge in [-0.25, -0.2) is 4.79 Å². The molecule has 1 atom stereocenters. The molecule has 0 spiro atoms. The van der Waals surface area contributed by atoms with Crippen LogP contribution < -0.4 is 10.7 Å². The molecule has 2 aromatic rings. The summed E-state index contributed by atoms with van der Waals surface area (Å²) < 4.78 is 0. The third-order valence-electron chi connectivity index (χ3n) is 5.98. The molecule has 7 heteroatoms. The van der Waals surface area contributed by atoms with Gasteiger partial charge >= 0.3 is 6.03 Å². The lowest BCUT2D eigenvalue weighted by Crippen LogP contribution is -2.46. The van der Waals surface area contributed by atoms with Crippen LogP contribution >= 0.6 is 0 Å². The Hall–Kier alpha value is -2.93. The predicted octanol–water partition coefficient (Wildman–Crippen LogP) is 3.19. The Morgan fingerprint density at radius 1 is 1.27 bits per heavy atom. The maximum Gasteiger partial charge on any atom is 0.322 e. The summed E-state index contributed by atoms with van der Waals surface area (Å²) >= 11 is 0. The van der Waals surface area contributed by atoms with Crippen LogP contribution in [0.2, 0.25) is 0 Å². The van der Waals surface area contributed by atoms with Gasteiger partial charge in [-0.1, -0.05) is 6.07 Å². The van der Waals surface area contributed by atoms with Gasteiger partial charge < -0.3 is 15.6 Å². The number of urea groups is 1. The minimum atomic E-state index is -0.000250. The first-order valence-electron chi connectivity index (χ1n) is 10.6. The van der Waals surface area contributed by atoms with Gasteiger partial charge in [0, 0.05) is 67.5 Å². The lowest BCUT2D eigenvalue weighted by Gasteiger charge is -2.34. The maximum atomic E-state index is 12.8. The van der Waals surface area contributed by atoms with Crippen molar-refractivity contribution in [2.75, 3.05) is 25.5 Å². The third kappa shape index (κ3) is 4.03. The Morgan fingerprint density at radius 3 is 2.77 bits per heavy atom. The summed E-state index contributed by atoms with van der Waals surface area (Å²) in [5.41, 5.74) is 8.76. The van der Waals surface area contributed by atoms with E-state index in [4.69, 9.17) is 0 Å². The molecule has 2 aliphatic rings. The fraction of sp³-hybridized carbons (Fsp3) is 0.435. The van der Waals surface area contributed by atoms with Gasteiger partial charge in [-0.05, 0) is 57.0 Å². The quantitative estimate of drug-likeness (QED) is 0.591. The summed E-state index contributed by atoms with van der Waals surface area (Å²) in [4.78, 5) is 21.5. The van der Waals surface area contributed by atoms with Crippen molar-refractivity contribution in [2.24, 2.45) is 5.10 Å². The molecule has 30 heavy (non-hydrogen) atoms. The zero-order valence-electron chi connectivity index (χ0n) is 18.1. The number of fused-ring (bicyclic) bond motifs is 1. The van der Waals surface area contributed by atoms with E-state index >= 15 is 0 Å². The highest BCUT2D eigenvalue weighted by Crippen LogP contribution is 2.29. The first-order chi connectivity index (χ1) is 14.5. The molecule has 1 aromatic heterocycles. The Bertz CT molecular complexity index is 970. The monoisotopic (exact) mass is 406 g/mol. The summed E-state index contributed by atoms with van der Waals surface area (Å²) in [6.45, 7) is 8.99. The zero-order valence-corrected chi connectivity index (χ0v) is 18.1. The Labute approximate surface area is 178 Å². The van der Waals surface area contributed by atoms with Gasteiger partial charge in [-0.3, -0.25) is 9.88 Å². The molecule has 1 aromatic carbocycles. The molecule has 3 heterocycles. The molecule has 2 aliphatic heterocycles. The molecule has 0 aliphatic carbocycles. The number of hydrogen-bond donors (Lipinski definition) is 2. The number of hydrazone groups is 1. The second-order valence-electron chi connectivity index (χ2n) is 8.33. The van der Waals surface area contributed by atoms with Crippen LogP contribution in [0.15, 0.2) is 41.6 Å². The number of aromatic nitrogens is 1. The molecule has 4 rings (SSSR count). The molecular weight excluding hydrogens is 376 g/mol. The minimum Gasteiger partial charge on any atom is -0.316 e. The van der Waals surface area contributed by atoms with E-state index in [-0.39, 0.29) is 12.1 Å². The summed E-state index contributed by atoms with van der Waals surface area (Å²) in [6.07, 6.45) is 2.82. The summed E-state index contributed by atoms with van der Waals surface area (Å²) in [5.74, 6) is 0. The zero-order chi connectivity index (χ0) is 21.3. The van der Waals surface area contributed by atoms with Crippen LogP contribution in [0, 0.1) is 6.92 Å². The van der Waals surface area contributed by atoms with Gasteiger partial charge in [0.1, 0.15) is 0 Å². The highest BCUT2D eigenvalue weighted by molar-refractivity contribution is 6.13. The lowest BCUT2D eigenvalue weighted by molar-refractivity contribution is 0.175. The van der Waals surface area contributed by atoms with Gasteiger partial charge in [0.15, 0.2) is 0 Å². The van der Waals surface area contributed by atoms with Crippen molar-refractivity contribution in [1.29, 1.82) is 0 Å². The molecule has 7 nitrogen and oxygen atoms in total. The second kappa shape index (κ2) is 8.44. The number of nitrogens with zero attached hydrogens (tertiary/aromatic N) is 4. The molecule has 2 N–H and O–H groups in total. The van der Waals surface area contributed by atoms with Crippen LogP contribution in [0.1, 0.15) is 42.7 Å². The number of likely N-dealkylation sites (tertiary alicyclic amines) is 1. The standard InChI is InChI=1S/C23H30N6O/c1-15(2)28-10-8-20(14-28)29-13-19-12-17(5-6-21(19)26-23(29)30)22(27-24-4)18-7-9-25-16(3)11-18/h5-7,9,11-12,15,20,24H,8,10,13-14H2,1-4H3,(H,26,30)/b27-22+. The van der Waals surface area contributed by atoms with Gasteiger partial charge in [0.05, 0.1) is 5.71 Å². The third-order valence-corrected chi connectivity index (χ3v) is 5.98. The Kier molecular flexibility index (Phi) is 5.72. The molecule has 0 radical (unpaired) electrons. The molecule has 0 saturated carbocycles. The average molecular weight is 407 g/mol. The van der Waals surface area contributed by atoms with Crippen LogP contribution in [0.3, 0.4) is 0 Å². The van der Waals surface area contributed by atoms with E-state index < -0.39 is 0 Å². The molecule has 0 bridgehead atoms. The number of rotatable bonds is 5. The van der Waals surface area contributed by atoms with E-state index in [1.54, 1.807) is 13.2 Å². The van der Waals surface area contributed by atoms with Crippen LogP contribution in [-0.4, -0.2) is 58.7 Å². The highest BCUT2D eigenvalue weighted by Gasteiger charge is 2.34. The van der Waals surface area contributed by atoms with E-state index in [0.29, 0.717) is 12.6 Å². The predicted molar refractivity (Wildman–Crippen MR) is 120 cm³/mol. The smallest absolute Gasteiger partial charge is 0.316 e. The van der Waals surface area contributed by atoms with Crippen LogP contribution in [0.5, 0.6) is 0 Å². The number of nitrogens with one attached hydrogen (secondary N) is 2. The van der Waals surface area contributed by atoms with Crippen LogP contribution in [-0.2, 0) is 6.54 Å². The van der Waals surface area contributed by atoms with Gasteiger partial charge in [-0.2, -0.15) is 5.10 Å². The molecule has 1 unspecified atom stereocenters. The van der Waals surface area contributed by atoms with E-state index in [1.807, 2.05) is 36.1 Å². The van der Waals surface area contributed by atoms with E-state index in [1.165, 1.54) is 0 Å². The van der Waals surface area contributed by atoms with Crippen molar-refractivity contribution >= 4 is 17.4 Å². The largest absolute Gasteiger partial charge is 0.322 e. The minimum absolute atomic E-state index is 0.000250. The van der Waals surface area contributed by atoms with E-state index in [9.17, 15) is 4.79 Å². The SMILES string of the molecule is CN/N=C(/c1ccnc(C)c1)c1ccc2c(c1)CN(C1CCN(C(C)C)C1)C(=O)N2. The molecule has 1 fully saturated rings. The number of benzene rings is 1. The van der Waals surface area contributed by atoms with Crippen molar-refractivity contribution in [3.8, 4) is 0 Å². The molecule has 1 saturated heterocycles. The fourth-order valence-electron chi connectivity index (χ4n) is 4.32. The average Bonchev–Trinajstić information content (AvgIpc) is 3.21. The number of anilines is 1. The van der Waals surface area contributed by atoms with Gasteiger partial charge in [0.2, 0.25) is 0 Å². The number of amides is 2. The molecule has 158 valence electrons. The number of pyridine rings is 1. The summed E-state index contributed by atoms with van der Waals surface area (Å²) in [6, 6.07) is 10.9. The van der Waals surface area contributed by atoms with Crippen LogP contribution in [0.4, 0.5) is 10.5 Å². The second-order valence-corrected chi connectivity index (χ2v) is 8.33. The lowest BCUT2D eigenvalue weighted by atomic mass is 9.98. The first-order valence-corrected chi connectivity index (χ1v) is 10.6.